The number of imidazole rings is 1. The van der Waals surface area contributed by atoms with Crippen LogP contribution in [0.2, 0.25) is 0 Å². The first-order valence-corrected chi connectivity index (χ1v) is 5.93. The summed E-state index contributed by atoms with van der Waals surface area (Å²) < 4.78 is 30.3. The summed E-state index contributed by atoms with van der Waals surface area (Å²) in [5.74, 6) is 0.856. The summed E-state index contributed by atoms with van der Waals surface area (Å²) in [6, 6.07) is 5.88. The van der Waals surface area contributed by atoms with Crippen LogP contribution >= 0.6 is 0 Å². The zero-order valence-corrected chi connectivity index (χ0v) is 10.5. The third-order valence-corrected chi connectivity index (χ3v) is 2.83. The molecule has 19 heavy (non-hydrogen) atoms. The van der Waals surface area contributed by atoms with Crippen molar-refractivity contribution >= 4 is 0 Å². The van der Waals surface area contributed by atoms with Crippen LogP contribution in [0, 0.1) is 0 Å². The highest BCUT2D eigenvalue weighted by molar-refractivity contribution is 5.31. The second-order valence-corrected chi connectivity index (χ2v) is 4.00. The Hall–Kier alpha value is -1.95. The van der Waals surface area contributed by atoms with Crippen LogP contribution in [0.4, 0.5) is 8.78 Å². The van der Waals surface area contributed by atoms with Crippen molar-refractivity contribution in [3.8, 4) is 5.75 Å². The molecule has 4 nitrogen and oxygen atoms in total. The van der Waals surface area contributed by atoms with Gasteiger partial charge in [-0.15, -0.1) is 0 Å². The van der Waals surface area contributed by atoms with Gasteiger partial charge in [0.15, 0.2) is 0 Å². The number of halogens is 2. The molecular formula is C13H15F2N3O. The summed E-state index contributed by atoms with van der Waals surface area (Å²) in [4.78, 5) is 4.22. The number of hydrogen-bond acceptors (Lipinski definition) is 3. The largest absolute Gasteiger partial charge is 0.435 e. The molecule has 0 radical (unpaired) electrons. The molecule has 0 amide bonds. The van der Waals surface area contributed by atoms with E-state index in [1.165, 1.54) is 12.1 Å². The first-order chi connectivity index (χ1) is 9.11. The SMILES string of the molecule is CCn1ccnc1C(N)c1ccc(OC(F)F)cc1. The molecule has 0 bridgehead atoms. The Balaban J connectivity index is 2.18. The van der Waals surface area contributed by atoms with Crippen molar-refractivity contribution in [3.63, 3.8) is 0 Å². The summed E-state index contributed by atoms with van der Waals surface area (Å²) in [6.07, 6.45) is 3.54. The molecule has 0 aliphatic heterocycles. The minimum Gasteiger partial charge on any atom is -0.435 e. The van der Waals surface area contributed by atoms with E-state index < -0.39 is 12.7 Å². The highest BCUT2D eigenvalue weighted by atomic mass is 19.3. The maximum atomic E-state index is 12.0. The first kappa shape index (κ1) is 13.5. The van der Waals surface area contributed by atoms with Gasteiger partial charge in [0, 0.05) is 18.9 Å². The average Bonchev–Trinajstić information content (AvgIpc) is 2.86. The van der Waals surface area contributed by atoms with Crippen molar-refractivity contribution in [2.75, 3.05) is 0 Å². The third kappa shape index (κ3) is 3.08. The predicted octanol–water partition coefficient (Wildman–Crippen LogP) is 2.55. The van der Waals surface area contributed by atoms with Gasteiger partial charge in [0.1, 0.15) is 11.6 Å². The van der Waals surface area contributed by atoms with Crippen molar-refractivity contribution in [1.82, 2.24) is 9.55 Å². The van der Waals surface area contributed by atoms with E-state index in [2.05, 4.69) is 9.72 Å². The number of rotatable bonds is 5. The fraction of sp³-hybridized carbons (Fsp3) is 0.308. The molecule has 1 aromatic heterocycles. The zero-order valence-electron chi connectivity index (χ0n) is 10.5. The average molecular weight is 267 g/mol. The van der Waals surface area contributed by atoms with Crippen molar-refractivity contribution in [1.29, 1.82) is 0 Å². The fourth-order valence-corrected chi connectivity index (χ4v) is 1.87. The molecule has 6 heteroatoms. The van der Waals surface area contributed by atoms with Crippen LogP contribution in [0.15, 0.2) is 36.7 Å². The second-order valence-electron chi connectivity index (χ2n) is 4.00. The van der Waals surface area contributed by atoms with E-state index in [0.717, 1.165) is 17.9 Å². The lowest BCUT2D eigenvalue weighted by molar-refractivity contribution is -0.0498. The standard InChI is InChI=1S/C13H15F2N3O/c1-2-18-8-7-17-12(18)11(16)9-3-5-10(6-4-9)19-13(14)15/h3-8,11,13H,2,16H2,1H3. The molecule has 1 unspecified atom stereocenters. The molecule has 0 aliphatic rings. The molecule has 0 spiro atoms. The molecule has 1 heterocycles. The van der Waals surface area contributed by atoms with E-state index in [0.29, 0.717) is 0 Å². The van der Waals surface area contributed by atoms with Gasteiger partial charge in [-0.1, -0.05) is 12.1 Å². The smallest absolute Gasteiger partial charge is 0.387 e. The summed E-state index contributed by atoms with van der Waals surface area (Å²) in [6.45, 7) is -0.0499. The molecule has 1 atom stereocenters. The maximum Gasteiger partial charge on any atom is 0.387 e. The fourth-order valence-electron chi connectivity index (χ4n) is 1.87. The van der Waals surface area contributed by atoms with E-state index in [4.69, 9.17) is 5.73 Å². The topological polar surface area (TPSA) is 53.1 Å². The van der Waals surface area contributed by atoms with E-state index >= 15 is 0 Å². The lowest BCUT2D eigenvalue weighted by atomic mass is 10.1. The molecule has 0 saturated heterocycles. The summed E-state index contributed by atoms with van der Waals surface area (Å²) in [5, 5.41) is 0. The summed E-state index contributed by atoms with van der Waals surface area (Å²) in [7, 11) is 0. The number of alkyl halides is 2. The lowest BCUT2D eigenvalue weighted by Crippen LogP contribution is -2.17. The predicted molar refractivity (Wildman–Crippen MR) is 67.0 cm³/mol. The summed E-state index contributed by atoms with van der Waals surface area (Å²) >= 11 is 0. The normalized spacial score (nSPS) is 12.7. The third-order valence-electron chi connectivity index (χ3n) is 2.83. The van der Waals surface area contributed by atoms with Gasteiger partial charge in [-0.25, -0.2) is 4.98 Å². The van der Waals surface area contributed by atoms with Gasteiger partial charge >= 0.3 is 6.61 Å². The molecule has 0 fully saturated rings. The number of aromatic nitrogens is 2. The minimum absolute atomic E-state index is 0.116. The van der Waals surface area contributed by atoms with E-state index in [1.54, 1.807) is 18.3 Å². The van der Waals surface area contributed by atoms with Crippen molar-refractivity contribution in [2.24, 2.45) is 5.73 Å². The van der Waals surface area contributed by atoms with Crippen molar-refractivity contribution in [2.45, 2.75) is 26.1 Å². The Morgan fingerprint density at radius 3 is 2.58 bits per heavy atom. The van der Waals surface area contributed by atoms with Gasteiger partial charge in [0.2, 0.25) is 0 Å². The Morgan fingerprint density at radius 1 is 1.32 bits per heavy atom. The summed E-state index contributed by atoms with van der Waals surface area (Å²) in [5.41, 5.74) is 6.91. The molecule has 2 aromatic rings. The molecule has 1 aromatic carbocycles. The number of nitrogens with zero attached hydrogens (tertiary/aromatic N) is 2. The minimum atomic E-state index is -2.82. The van der Waals surface area contributed by atoms with Gasteiger partial charge < -0.3 is 15.0 Å². The van der Waals surface area contributed by atoms with Crippen LogP contribution in [0.1, 0.15) is 24.4 Å². The lowest BCUT2D eigenvalue weighted by Gasteiger charge is -2.14. The van der Waals surface area contributed by atoms with Crippen LogP contribution in [-0.2, 0) is 6.54 Å². The van der Waals surface area contributed by atoms with Crippen molar-refractivity contribution in [3.05, 3.63) is 48.0 Å². The van der Waals surface area contributed by atoms with Gasteiger partial charge in [-0.2, -0.15) is 8.78 Å². The molecule has 0 aliphatic carbocycles. The van der Waals surface area contributed by atoms with Crippen LogP contribution in [0.25, 0.3) is 0 Å². The molecule has 0 saturated carbocycles. The molecule has 102 valence electrons. The number of benzene rings is 1. The molecule has 2 N–H and O–H groups in total. The number of ether oxygens (including phenoxy) is 1. The number of nitrogens with two attached hydrogens (primary N) is 1. The number of hydrogen-bond donors (Lipinski definition) is 1. The van der Waals surface area contributed by atoms with Gasteiger partial charge in [-0.05, 0) is 24.6 Å². The van der Waals surface area contributed by atoms with Crippen LogP contribution < -0.4 is 10.5 Å². The monoisotopic (exact) mass is 267 g/mol. The van der Waals surface area contributed by atoms with Gasteiger partial charge in [0.25, 0.3) is 0 Å². The maximum absolute atomic E-state index is 12.0. The quantitative estimate of drug-likeness (QED) is 0.905. The van der Waals surface area contributed by atoms with E-state index in [9.17, 15) is 8.78 Å². The van der Waals surface area contributed by atoms with Crippen LogP contribution in [0.5, 0.6) is 5.75 Å². The Morgan fingerprint density at radius 2 is 2.00 bits per heavy atom. The second kappa shape index (κ2) is 5.79. The molecular weight excluding hydrogens is 252 g/mol. The first-order valence-electron chi connectivity index (χ1n) is 5.93. The molecule has 2 rings (SSSR count). The van der Waals surface area contributed by atoms with Gasteiger partial charge in [-0.3, -0.25) is 0 Å². The number of aryl methyl sites for hydroxylation is 1. The Kier molecular flexibility index (Phi) is 4.11. The van der Waals surface area contributed by atoms with Crippen LogP contribution in [0.3, 0.4) is 0 Å². The Bertz CT molecular complexity index is 525. The van der Waals surface area contributed by atoms with Crippen LogP contribution in [-0.4, -0.2) is 16.2 Å². The highest BCUT2D eigenvalue weighted by Crippen LogP contribution is 2.22. The van der Waals surface area contributed by atoms with E-state index in [1.807, 2.05) is 17.7 Å². The zero-order chi connectivity index (χ0) is 13.8. The van der Waals surface area contributed by atoms with Crippen molar-refractivity contribution < 1.29 is 13.5 Å². The van der Waals surface area contributed by atoms with Gasteiger partial charge in [0.05, 0.1) is 6.04 Å². The Labute approximate surface area is 109 Å². The van der Waals surface area contributed by atoms with E-state index in [-0.39, 0.29) is 5.75 Å². The highest BCUT2D eigenvalue weighted by Gasteiger charge is 2.14.